The molecule has 0 aliphatic rings. The molecule has 0 aromatic rings. The van der Waals surface area contributed by atoms with E-state index in [1.807, 2.05) is 0 Å². The van der Waals surface area contributed by atoms with Crippen LogP contribution in [0.15, 0.2) is 11.3 Å². The minimum absolute atomic E-state index is 0.196. The summed E-state index contributed by atoms with van der Waals surface area (Å²) in [5.74, 6) is 0. The number of hydrogen-bond donors (Lipinski definition) is 1. The van der Waals surface area contributed by atoms with Crippen molar-refractivity contribution in [3.05, 3.63) is 11.3 Å². The molecule has 0 rings (SSSR count). The first-order valence-electron chi connectivity index (χ1n) is 3.75. The van der Waals surface area contributed by atoms with Crippen molar-refractivity contribution in [2.45, 2.75) is 47.1 Å². The van der Waals surface area contributed by atoms with Crippen LogP contribution in [0.25, 0.3) is 0 Å². The quantitative estimate of drug-likeness (QED) is 0.592. The lowest BCUT2D eigenvalue weighted by Crippen LogP contribution is -2.34. The van der Waals surface area contributed by atoms with Crippen molar-refractivity contribution >= 4 is 0 Å². The van der Waals surface area contributed by atoms with Crippen molar-refractivity contribution in [3.63, 3.8) is 0 Å². The van der Waals surface area contributed by atoms with Crippen LogP contribution < -0.4 is 5.32 Å². The summed E-state index contributed by atoms with van der Waals surface area (Å²) in [5.41, 5.74) is 2.84. The molecule has 0 aliphatic carbocycles. The molecule has 0 saturated carbocycles. The molecule has 0 atom stereocenters. The fourth-order valence-electron chi connectivity index (χ4n) is 0.688. The van der Waals surface area contributed by atoms with Gasteiger partial charge in [0.25, 0.3) is 0 Å². The van der Waals surface area contributed by atoms with E-state index in [4.69, 9.17) is 0 Å². The molecule has 1 nitrogen and oxygen atoms in total. The van der Waals surface area contributed by atoms with Crippen LogP contribution in [0.5, 0.6) is 0 Å². The highest BCUT2D eigenvalue weighted by Crippen LogP contribution is 2.06. The summed E-state index contributed by atoms with van der Waals surface area (Å²) in [5, 5.41) is 3.40. The van der Waals surface area contributed by atoms with Gasteiger partial charge in [-0.15, -0.1) is 0 Å². The van der Waals surface area contributed by atoms with E-state index in [2.05, 4.69) is 46.9 Å². The van der Waals surface area contributed by atoms with Gasteiger partial charge in [-0.2, -0.15) is 0 Å². The molecule has 0 aromatic heterocycles. The Kier molecular flexibility index (Phi) is 2.95. The van der Waals surface area contributed by atoms with Gasteiger partial charge in [0.1, 0.15) is 0 Å². The highest BCUT2D eigenvalue weighted by atomic mass is 15.0. The minimum atomic E-state index is 0.196. The van der Waals surface area contributed by atoms with Crippen molar-refractivity contribution in [1.82, 2.24) is 5.32 Å². The molecule has 0 fully saturated rings. The fourth-order valence-corrected chi connectivity index (χ4v) is 0.688. The lowest BCUT2D eigenvalue weighted by Gasteiger charge is -2.23. The molecule has 0 aliphatic heterocycles. The Morgan fingerprint density at radius 2 is 1.40 bits per heavy atom. The maximum Gasteiger partial charge on any atom is 0.0286 e. The average Bonchev–Trinajstić information content (AvgIpc) is 1.60. The highest BCUT2D eigenvalue weighted by molar-refractivity contribution is 5.06. The van der Waals surface area contributed by atoms with E-state index in [1.165, 1.54) is 11.3 Å². The van der Waals surface area contributed by atoms with Gasteiger partial charge in [-0.1, -0.05) is 5.57 Å². The molecule has 0 unspecified atom stereocenters. The summed E-state index contributed by atoms with van der Waals surface area (Å²) < 4.78 is 0. The number of rotatable bonds is 1. The number of nitrogens with one attached hydrogen (secondary N) is 1. The summed E-state index contributed by atoms with van der Waals surface area (Å²) in [6.45, 7) is 12.8. The molecule has 60 valence electrons. The van der Waals surface area contributed by atoms with E-state index < -0.39 is 0 Å². The van der Waals surface area contributed by atoms with Crippen LogP contribution in [0.2, 0.25) is 0 Å². The van der Waals surface area contributed by atoms with Crippen molar-refractivity contribution in [1.29, 1.82) is 0 Å². The van der Waals surface area contributed by atoms with Gasteiger partial charge >= 0.3 is 0 Å². The second kappa shape index (κ2) is 3.09. The normalized spacial score (nSPS) is 11.0. The Labute approximate surface area is 64.5 Å². The third-order valence-electron chi connectivity index (χ3n) is 1.31. The topological polar surface area (TPSA) is 12.0 Å². The third kappa shape index (κ3) is 4.42. The van der Waals surface area contributed by atoms with Crippen molar-refractivity contribution in [2.75, 3.05) is 0 Å². The molecule has 0 radical (unpaired) electrons. The van der Waals surface area contributed by atoms with Crippen LogP contribution in [0.3, 0.4) is 0 Å². The fraction of sp³-hybridized carbons (Fsp3) is 0.778. The van der Waals surface area contributed by atoms with Gasteiger partial charge in [0.05, 0.1) is 0 Å². The Morgan fingerprint density at radius 1 is 1.00 bits per heavy atom. The summed E-state index contributed by atoms with van der Waals surface area (Å²) in [7, 11) is 0. The van der Waals surface area contributed by atoms with E-state index >= 15 is 0 Å². The highest BCUT2D eigenvalue weighted by Gasteiger charge is 2.08. The molecule has 0 bridgehead atoms. The zero-order chi connectivity index (χ0) is 8.36. The molecule has 0 aromatic carbocycles. The van der Waals surface area contributed by atoms with Gasteiger partial charge in [0, 0.05) is 11.2 Å². The first kappa shape index (κ1) is 9.54. The monoisotopic (exact) mass is 141 g/mol. The third-order valence-corrected chi connectivity index (χ3v) is 1.31. The number of allylic oxidation sites excluding steroid dienone is 2. The summed E-state index contributed by atoms with van der Waals surface area (Å²) in [6, 6.07) is 0. The molecule has 1 heteroatoms. The van der Waals surface area contributed by atoms with Gasteiger partial charge in [-0.05, 0) is 41.5 Å². The summed E-state index contributed by atoms with van der Waals surface area (Å²) >= 11 is 0. The van der Waals surface area contributed by atoms with Gasteiger partial charge in [0.15, 0.2) is 0 Å². The van der Waals surface area contributed by atoms with Crippen molar-refractivity contribution < 1.29 is 0 Å². The molecule has 0 heterocycles. The second-order valence-corrected chi connectivity index (χ2v) is 4.00. The Balaban J connectivity index is 4.06. The zero-order valence-electron chi connectivity index (χ0n) is 8.00. The largest absolute Gasteiger partial charge is 0.384 e. The lowest BCUT2D eigenvalue weighted by atomic mass is 10.1. The first-order valence-corrected chi connectivity index (χ1v) is 3.75. The molecule has 0 spiro atoms. The van der Waals surface area contributed by atoms with Crippen LogP contribution >= 0.6 is 0 Å². The zero-order valence-corrected chi connectivity index (χ0v) is 8.00. The second-order valence-electron chi connectivity index (χ2n) is 4.00. The number of hydrogen-bond acceptors (Lipinski definition) is 1. The smallest absolute Gasteiger partial charge is 0.0286 e. The predicted octanol–water partition coefficient (Wildman–Crippen LogP) is 2.69. The van der Waals surface area contributed by atoms with Crippen LogP contribution in [-0.4, -0.2) is 5.54 Å². The molecular formula is C9H19N. The van der Waals surface area contributed by atoms with Crippen molar-refractivity contribution in [2.24, 2.45) is 0 Å². The first-order chi connectivity index (χ1) is 4.33. The molecule has 0 saturated heterocycles. The van der Waals surface area contributed by atoms with Gasteiger partial charge in [0.2, 0.25) is 0 Å². The Bertz CT molecular complexity index is 133. The van der Waals surface area contributed by atoms with Gasteiger partial charge in [-0.25, -0.2) is 0 Å². The maximum absolute atomic E-state index is 3.40. The predicted molar refractivity (Wildman–Crippen MR) is 46.9 cm³/mol. The van der Waals surface area contributed by atoms with Crippen LogP contribution in [-0.2, 0) is 0 Å². The summed E-state index contributed by atoms with van der Waals surface area (Å²) in [6.07, 6.45) is 0. The minimum Gasteiger partial charge on any atom is -0.384 e. The summed E-state index contributed by atoms with van der Waals surface area (Å²) in [4.78, 5) is 0. The van der Waals surface area contributed by atoms with Gasteiger partial charge in [-0.3, -0.25) is 0 Å². The average molecular weight is 141 g/mol. The van der Waals surface area contributed by atoms with E-state index in [0.29, 0.717) is 0 Å². The maximum atomic E-state index is 3.40. The van der Waals surface area contributed by atoms with E-state index in [1.54, 1.807) is 0 Å². The molecular weight excluding hydrogens is 122 g/mol. The molecule has 0 amide bonds. The van der Waals surface area contributed by atoms with Crippen LogP contribution in [0.1, 0.15) is 41.5 Å². The Morgan fingerprint density at radius 3 is 1.50 bits per heavy atom. The lowest BCUT2D eigenvalue weighted by molar-refractivity contribution is 0.471. The standard InChI is InChI=1S/C9H19N/c1-7(2)8(3)10-9(4,5)6/h10H,1-6H3. The van der Waals surface area contributed by atoms with Crippen molar-refractivity contribution in [3.8, 4) is 0 Å². The Hall–Kier alpha value is -0.460. The van der Waals surface area contributed by atoms with E-state index in [9.17, 15) is 0 Å². The van der Waals surface area contributed by atoms with Crippen LogP contribution in [0.4, 0.5) is 0 Å². The van der Waals surface area contributed by atoms with Gasteiger partial charge < -0.3 is 5.32 Å². The van der Waals surface area contributed by atoms with E-state index in [0.717, 1.165) is 0 Å². The SMILES string of the molecule is CC(C)=C(C)NC(C)(C)C. The van der Waals surface area contributed by atoms with E-state index in [-0.39, 0.29) is 5.54 Å². The van der Waals surface area contributed by atoms with Crippen LogP contribution in [0, 0.1) is 0 Å². The molecule has 10 heavy (non-hydrogen) atoms. The molecule has 1 N–H and O–H groups in total.